The number of carboxylic acid groups (broad SMARTS) is 1. The number of hydrogen-bond acceptors (Lipinski definition) is 1. The fraction of sp³-hybridized carbons (Fsp3) is 0.500. The molecule has 0 atom stereocenters. The van der Waals surface area contributed by atoms with E-state index in [9.17, 15) is 13.2 Å². The second-order valence-corrected chi connectivity index (χ2v) is 0.803. The second-order valence-electron chi connectivity index (χ2n) is 0.803. The van der Waals surface area contributed by atoms with Crippen LogP contribution in [-0.2, 0) is 4.79 Å². The molecular weight excluding hydrogens is 266 g/mol. The molecule has 0 aliphatic rings. The van der Waals surface area contributed by atoms with E-state index in [0.29, 0.717) is 0 Å². The van der Waals surface area contributed by atoms with Crippen LogP contribution in [0.3, 0.4) is 0 Å². The van der Waals surface area contributed by atoms with E-state index in [2.05, 4.69) is 0 Å². The van der Waals surface area contributed by atoms with Crippen molar-refractivity contribution in [2.24, 2.45) is 0 Å². The summed E-state index contributed by atoms with van der Waals surface area (Å²) in [5.41, 5.74) is 0. The Morgan fingerprint density at radius 1 is 1.33 bits per heavy atom. The van der Waals surface area contributed by atoms with E-state index in [1.807, 2.05) is 0 Å². The van der Waals surface area contributed by atoms with E-state index in [4.69, 9.17) is 9.90 Å². The predicted octanol–water partition coefficient (Wildman–Crippen LogP) is -1.11. The molecule has 0 aromatic rings. The summed E-state index contributed by atoms with van der Waals surface area (Å²) < 4.78 is 31.7. The first-order chi connectivity index (χ1) is 2.94. The molecule has 0 spiro atoms. The molecule has 0 bridgehead atoms. The van der Waals surface area contributed by atoms with Crippen LogP contribution in [0.1, 0.15) is 0 Å². The Bertz CT molecular complexity index is 89.5. The molecule has 0 saturated carbocycles. The minimum absolute atomic E-state index is 0. The van der Waals surface area contributed by atoms with Gasteiger partial charge in [0.05, 0.1) is 0 Å². The van der Waals surface area contributed by atoms with E-state index in [-0.39, 0.29) is 54.4 Å². The third-order valence-electron chi connectivity index (χ3n) is 0.243. The van der Waals surface area contributed by atoms with Gasteiger partial charge in [-0.25, -0.2) is 4.79 Å². The number of alkyl halides is 3. The van der Waals surface area contributed by atoms with Gasteiger partial charge in [-0.15, -0.1) is 0 Å². The summed E-state index contributed by atoms with van der Waals surface area (Å²) in [6, 6.07) is 0. The third-order valence-corrected chi connectivity index (χ3v) is 0.243. The summed E-state index contributed by atoms with van der Waals surface area (Å²) in [6.07, 6.45) is -5.08. The van der Waals surface area contributed by atoms with E-state index in [1.165, 1.54) is 0 Å². The summed E-state index contributed by atoms with van der Waals surface area (Å²) in [7, 11) is 0. The monoisotopic (exact) mass is 272 g/mol. The standard InChI is InChI=1S/C2HF3O2.Ba.H2O.2H/c3-2(4,5)1(6)7;;;;/h(H,6,7);;1H2;;. The number of aliphatic carboxylic acids is 1. The van der Waals surface area contributed by atoms with Gasteiger partial charge in [-0.3, -0.25) is 0 Å². The molecule has 9 heavy (non-hydrogen) atoms. The Balaban J connectivity index is -0.000000180. The first-order valence-electron chi connectivity index (χ1n) is 1.24. The number of carbonyl (C=O) groups is 1. The van der Waals surface area contributed by atoms with Gasteiger partial charge in [-0.1, -0.05) is 0 Å². The molecule has 0 aromatic heterocycles. The number of halogens is 3. The fourth-order valence-electron chi connectivity index (χ4n) is 0. The van der Waals surface area contributed by atoms with Gasteiger partial charge in [0.25, 0.3) is 0 Å². The van der Waals surface area contributed by atoms with E-state index in [1.54, 1.807) is 0 Å². The van der Waals surface area contributed by atoms with Crippen molar-refractivity contribution in [1.29, 1.82) is 0 Å². The third kappa shape index (κ3) is 8.79. The molecule has 0 heterocycles. The van der Waals surface area contributed by atoms with Crippen LogP contribution >= 0.6 is 0 Å². The molecule has 0 amide bonds. The fourth-order valence-corrected chi connectivity index (χ4v) is 0. The molecule has 0 aromatic carbocycles. The summed E-state index contributed by atoms with van der Waals surface area (Å²) in [5, 5.41) is 7.12. The number of rotatable bonds is 0. The Hall–Kier alpha value is 0.791. The molecule has 0 aliphatic heterocycles. The van der Waals surface area contributed by atoms with Crippen LogP contribution in [0.5, 0.6) is 0 Å². The van der Waals surface area contributed by atoms with Crippen LogP contribution in [0.2, 0.25) is 0 Å². The molecule has 3 nitrogen and oxygen atoms in total. The van der Waals surface area contributed by atoms with Gasteiger partial charge in [0.2, 0.25) is 0 Å². The van der Waals surface area contributed by atoms with Crippen LogP contribution < -0.4 is 0 Å². The molecule has 3 N–H and O–H groups in total. The molecular formula is C2H5BaF3O3. The predicted molar refractivity (Wildman–Crippen MR) is 25.8 cm³/mol. The molecule has 0 fully saturated rings. The Morgan fingerprint density at radius 2 is 1.44 bits per heavy atom. The van der Waals surface area contributed by atoms with Crippen molar-refractivity contribution in [3.8, 4) is 0 Å². The van der Waals surface area contributed by atoms with Gasteiger partial charge in [-0.2, -0.15) is 13.2 Å². The molecule has 0 radical (unpaired) electrons. The molecule has 7 heteroatoms. The first-order valence-corrected chi connectivity index (χ1v) is 1.24. The molecule has 0 aliphatic carbocycles. The van der Waals surface area contributed by atoms with Gasteiger partial charge in [0.15, 0.2) is 0 Å². The summed E-state index contributed by atoms with van der Waals surface area (Å²) in [5.74, 6) is -2.76. The van der Waals surface area contributed by atoms with Crippen LogP contribution in [0.25, 0.3) is 0 Å². The maximum atomic E-state index is 10.6. The van der Waals surface area contributed by atoms with Gasteiger partial charge in [0, 0.05) is 0 Å². The van der Waals surface area contributed by atoms with E-state index < -0.39 is 12.1 Å². The van der Waals surface area contributed by atoms with Crippen LogP contribution in [0.4, 0.5) is 13.2 Å². The van der Waals surface area contributed by atoms with Crippen molar-refractivity contribution >= 4 is 54.9 Å². The zero-order chi connectivity index (χ0) is 6.08. The Labute approximate surface area is 88.6 Å². The van der Waals surface area contributed by atoms with E-state index in [0.717, 1.165) is 0 Å². The van der Waals surface area contributed by atoms with Crippen molar-refractivity contribution in [2.75, 3.05) is 0 Å². The molecule has 0 rings (SSSR count). The van der Waals surface area contributed by atoms with Crippen molar-refractivity contribution in [3.05, 3.63) is 0 Å². The minimum atomic E-state index is -5.08. The van der Waals surface area contributed by atoms with Gasteiger partial charge in [0.1, 0.15) is 0 Å². The average Bonchev–Trinajstić information content (AvgIpc) is 1.31. The van der Waals surface area contributed by atoms with Crippen LogP contribution in [0, 0.1) is 0 Å². The first kappa shape index (κ1) is 16.4. The quantitative estimate of drug-likeness (QED) is 0.568. The number of hydrogen-bond donors (Lipinski definition) is 1. The van der Waals surface area contributed by atoms with Gasteiger partial charge in [-0.05, 0) is 0 Å². The summed E-state index contributed by atoms with van der Waals surface area (Å²) in [4.78, 5) is 8.90. The van der Waals surface area contributed by atoms with Gasteiger partial charge >= 0.3 is 61.0 Å². The van der Waals surface area contributed by atoms with E-state index >= 15 is 0 Å². The maximum absolute atomic E-state index is 10.6. The molecule has 0 saturated heterocycles. The van der Waals surface area contributed by atoms with Gasteiger partial charge < -0.3 is 10.6 Å². The average molecular weight is 271 g/mol. The zero-order valence-corrected chi connectivity index (χ0v) is 3.49. The van der Waals surface area contributed by atoms with Crippen molar-refractivity contribution in [1.82, 2.24) is 0 Å². The Kier molecular flexibility index (Phi) is 10.1. The van der Waals surface area contributed by atoms with Crippen molar-refractivity contribution in [2.45, 2.75) is 6.18 Å². The second kappa shape index (κ2) is 5.57. The summed E-state index contributed by atoms with van der Waals surface area (Å²) >= 11 is 0. The zero-order valence-electron chi connectivity index (χ0n) is 3.49. The van der Waals surface area contributed by atoms with Crippen LogP contribution in [0.15, 0.2) is 0 Å². The SMILES string of the molecule is O.O=C(O)C(F)(F)F.[BaH2]. The molecule has 54 valence electrons. The normalized spacial score (nSPS) is 8.78. The Morgan fingerprint density at radius 3 is 1.44 bits per heavy atom. The van der Waals surface area contributed by atoms with Crippen molar-refractivity contribution < 1.29 is 28.5 Å². The molecule has 0 unspecified atom stereocenters. The van der Waals surface area contributed by atoms with Crippen LogP contribution in [-0.4, -0.2) is 71.6 Å². The topological polar surface area (TPSA) is 68.8 Å². The number of carboxylic acids is 1. The van der Waals surface area contributed by atoms with Crippen molar-refractivity contribution in [3.63, 3.8) is 0 Å². The summed E-state index contributed by atoms with van der Waals surface area (Å²) in [6.45, 7) is 0.